The second-order valence-electron chi connectivity index (χ2n) is 4.52. The lowest BCUT2D eigenvalue weighted by atomic mass is 10.2. The molecule has 0 unspecified atom stereocenters. The van der Waals surface area contributed by atoms with E-state index in [1.165, 1.54) is 18.5 Å². The fourth-order valence-corrected chi connectivity index (χ4v) is 1.73. The first-order valence-corrected chi connectivity index (χ1v) is 6.76. The van der Waals surface area contributed by atoms with Crippen molar-refractivity contribution < 1.29 is 13.9 Å². The Morgan fingerprint density at radius 2 is 2.05 bits per heavy atom. The molecule has 0 spiro atoms. The molecule has 0 bridgehead atoms. The monoisotopic (exact) mass is 304 g/mol. The molecule has 2 rings (SSSR count). The van der Waals surface area contributed by atoms with E-state index in [9.17, 15) is 9.18 Å². The van der Waals surface area contributed by atoms with Crippen LogP contribution in [0.3, 0.4) is 0 Å². The van der Waals surface area contributed by atoms with Crippen molar-refractivity contribution >= 4 is 11.7 Å². The number of ether oxygens (including phenoxy) is 1. The summed E-state index contributed by atoms with van der Waals surface area (Å²) < 4.78 is 17.7. The molecule has 1 aromatic heterocycles. The summed E-state index contributed by atoms with van der Waals surface area (Å²) in [5.74, 6) is -0.0405. The molecule has 0 aliphatic heterocycles. The van der Waals surface area contributed by atoms with Crippen LogP contribution in [0.15, 0.2) is 36.7 Å². The largest absolute Gasteiger partial charge is 0.383 e. The number of anilines is 1. The van der Waals surface area contributed by atoms with E-state index in [0.29, 0.717) is 25.5 Å². The Balaban J connectivity index is 1.93. The Hall–Kier alpha value is -2.54. The standard InChI is InChI=1S/C15H17FN4O2/c1-22-7-6-17-15(21)13-8-14(20-10-19-13)18-9-11-2-4-12(16)5-3-11/h2-5,8,10H,6-7,9H2,1H3,(H,17,21)(H,18,19,20). The molecule has 0 aliphatic carbocycles. The van der Waals surface area contributed by atoms with Gasteiger partial charge >= 0.3 is 0 Å². The summed E-state index contributed by atoms with van der Waals surface area (Å²) >= 11 is 0. The maximum absolute atomic E-state index is 12.8. The van der Waals surface area contributed by atoms with Gasteiger partial charge in [0.2, 0.25) is 0 Å². The number of benzene rings is 1. The van der Waals surface area contributed by atoms with Crippen LogP contribution in [0.1, 0.15) is 16.1 Å². The number of aromatic nitrogens is 2. The molecule has 0 saturated carbocycles. The van der Waals surface area contributed by atoms with Gasteiger partial charge in [0.05, 0.1) is 6.61 Å². The summed E-state index contributed by atoms with van der Waals surface area (Å²) in [6, 6.07) is 7.72. The van der Waals surface area contributed by atoms with Gasteiger partial charge in [-0.1, -0.05) is 12.1 Å². The molecule has 0 aliphatic rings. The zero-order valence-electron chi connectivity index (χ0n) is 12.2. The molecule has 2 aromatic rings. The molecule has 116 valence electrons. The van der Waals surface area contributed by atoms with Gasteiger partial charge in [-0.3, -0.25) is 4.79 Å². The smallest absolute Gasteiger partial charge is 0.270 e. The highest BCUT2D eigenvalue weighted by Gasteiger charge is 2.08. The Morgan fingerprint density at radius 1 is 1.27 bits per heavy atom. The Bertz CT molecular complexity index is 619. The Kier molecular flexibility index (Phi) is 5.79. The second-order valence-corrected chi connectivity index (χ2v) is 4.52. The molecule has 1 heterocycles. The third kappa shape index (κ3) is 4.78. The van der Waals surface area contributed by atoms with Gasteiger partial charge in [0, 0.05) is 26.3 Å². The molecule has 0 saturated heterocycles. The minimum Gasteiger partial charge on any atom is -0.383 e. The highest BCUT2D eigenvalue weighted by atomic mass is 19.1. The molecule has 0 fully saturated rings. The van der Waals surface area contributed by atoms with Crippen LogP contribution in [0.25, 0.3) is 0 Å². The van der Waals surface area contributed by atoms with E-state index in [4.69, 9.17) is 4.74 Å². The van der Waals surface area contributed by atoms with E-state index in [2.05, 4.69) is 20.6 Å². The number of nitrogens with one attached hydrogen (secondary N) is 2. The van der Waals surface area contributed by atoms with Crippen LogP contribution >= 0.6 is 0 Å². The maximum atomic E-state index is 12.8. The highest BCUT2D eigenvalue weighted by Crippen LogP contribution is 2.08. The minimum absolute atomic E-state index is 0.271. The number of methoxy groups -OCH3 is 1. The van der Waals surface area contributed by atoms with Crippen LogP contribution in [0.5, 0.6) is 0 Å². The number of carbonyl (C=O) groups is 1. The van der Waals surface area contributed by atoms with Crippen LogP contribution in [-0.2, 0) is 11.3 Å². The quantitative estimate of drug-likeness (QED) is 0.760. The minimum atomic E-state index is -0.288. The van der Waals surface area contributed by atoms with Crippen molar-refractivity contribution in [1.82, 2.24) is 15.3 Å². The first-order chi connectivity index (χ1) is 10.7. The average molecular weight is 304 g/mol. The summed E-state index contributed by atoms with van der Waals surface area (Å²) in [6.45, 7) is 1.33. The normalized spacial score (nSPS) is 10.3. The van der Waals surface area contributed by atoms with Crippen LogP contribution in [0, 0.1) is 5.82 Å². The van der Waals surface area contributed by atoms with E-state index >= 15 is 0 Å². The summed E-state index contributed by atoms with van der Waals surface area (Å²) in [4.78, 5) is 19.8. The molecule has 22 heavy (non-hydrogen) atoms. The summed E-state index contributed by atoms with van der Waals surface area (Å²) in [5.41, 5.74) is 1.18. The second kappa shape index (κ2) is 8.04. The summed E-state index contributed by atoms with van der Waals surface area (Å²) in [7, 11) is 1.56. The highest BCUT2D eigenvalue weighted by molar-refractivity contribution is 5.92. The van der Waals surface area contributed by atoms with Gasteiger partial charge in [-0.25, -0.2) is 14.4 Å². The third-order valence-corrected chi connectivity index (χ3v) is 2.88. The zero-order chi connectivity index (χ0) is 15.8. The molecule has 0 radical (unpaired) electrons. The number of carbonyl (C=O) groups excluding carboxylic acids is 1. The van der Waals surface area contributed by atoms with Crippen LogP contribution < -0.4 is 10.6 Å². The van der Waals surface area contributed by atoms with Crippen molar-refractivity contribution in [3.63, 3.8) is 0 Å². The first kappa shape index (κ1) is 15.8. The van der Waals surface area contributed by atoms with Crippen molar-refractivity contribution in [3.05, 3.63) is 53.7 Å². The van der Waals surface area contributed by atoms with Gasteiger partial charge in [-0.15, -0.1) is 0 Å². The average Bonchev–Trinajstić information content (AvgIpc) is 2.55. The van der Waals surface area contributed by atoms with Crippen molar-refractivity contribution in [2.75, 3.05) is 25.6 Å². The summed E-state index contributed by atoms with van der Waals surface area (Å²) in [6.07, 6.45) is 1.32. The SMILES string of the molecule is COCCNC(=O)c1cc(NCc2ccc(F)cc2)ncn1. The van der Waals surface area contributed by atoms with Gasteiger partial charge in [0.15, 0.2) is 0 Å². The number of hydrogen-bond donors (Lipinski definition) is 2. The summed E-state index contributed by atoms with van der Waals surface area (Å²) in [5, 5.41) is 5.75. The molecule has 0 atom stereocenters. The molecular weight excluding hydrogens is 287 g/mol. The van der Waals surface area contributed by atoms with Crippen molar-refractivity contribution in [1.29, 1.82) is 0 Å². The zero-order valence-corrected chi connectivity index (χ0v) is 12.2. The Morgan fingerprint density at radius 3 is 2.77 bits per heavy atom. The molecule has 1 amide bonds. The van der Waals surface area contributed by atoms with Gasteiger partial charge in [0.25, 0.3) is 5.91 Å². The Labute approximate surface area is 127 Å². The first-order valence-electron chi connectivity index (χ1n) is 6.76. The molecule has 2 N–H and O–H groups in total. The number of rotatable bonds is 7. The van der Waals surface area contributed by atoms with Gasteiger partial charge in [0.1, 0.15) is 23.7 Å². The molecule has 1 aromatic carbocycles. The van der Waals surface area contributed by atoms with Gasteiger partial charge in [-0.2, -0.15) is 0 Å². The number of nitrogens with zero attached hydrogens (tertiary/aromatic N) is 2. The van der Waals surface area contributed by atoms with Crippen LogP contribution in [0.2, 0.25) is 0 Å². The number of amides is 1. The lowest BCUT2D eigenvalue weighted by molar-refractivity contribution is 0.0932. The van der Waals surface area contributed by atoms with E-state index in [0.717, 1.165) is 5.56 Å². The maximum Gasteiger partial charge on any atom is 0.270 e. The van der Waals surface area contributed by atoms with Crippen LogP contribution in [-0.4, -0.2) is 36.1 Å². The topological polar surface area (TPSA) is 76.1 Å². The van der Waals surface area contributed by atoms with Gasteiger partial charge < -0.3 is 15.4 Å². The molecule has 6 nitrogen and oxygen atoms in total. The lowest BCUT2D eigenvalue weighted by Crippen LogP contribution is -2.27. The fourth-order valence-electron chi connectivity index (χ4n) is 1.73. The lowest BCUT2D eigenvalue weighted by Gasteiger charge is -2.07. The number of hydrogen-bond acceptors (Lipinski definition) is 5. The molecular formula is C15H17FN4O2. The van der Waals surface area contributed by atoms with Crippen molar-refractivity contribution in [2.45, 2.75) is 6.54 Å². The van der Waals surface area contributed by atoms with Crippen LogP contribution in [0.4, 0.5) is 10.2 Å². The predicted molar refractivity (Wildman–Crippen MR) is 80.0 cm³/mol. The predicted octanol–water partition coefficient (Wildman–Crippen LogP) is 1.60. The van der Waals surface area contributed by atoms with Crippen molar-refractivity contribution in [3.8, 4) is 0 Å². The van der Waals surface area contributed by atoms with Crippen molar-refractivity contribution in [2.24, 2.45) is 0 Å². The van der Waals surface area contributed by atoms with E-state index in [-0.39, 0.29) is 17.4 Å². The third-order valence-electron chi connectivity index (χ3n) is 2.88. The van der Waals surface area contributed by atoms with Gasteiger partial charge in [-0.05, 0) is 17.7 Å². The van der Waals surface area contributed by atoms with E-state index in [1.807, 2.05) is 0 Å². The number of halogens is 1. The van der Waals surface area contributed by atoms with E-state index in [1.54, 1.807) is 25.3 Å². The van der Waals surface area contributed by atoms with E-state index < -0.39 is 0 Å². The fraction of sp³-hybridized carbons (Fsp3) is 0.267. The molecule has 7 heteroatoms.